The quantitative estimate of drug-likeness (QED) is 0.886. The average Bonchev–Trinajstić information content (AvgIpc) is 2.60. The molecule has 1 unspecified atom stereocenters. The van der Waals surface area contributed by atoms with Crippen LogP contribution in [0.25, 0.3) is 0 Å². The number of benzene rings is 1. The second-order valence-electron chi connectivity index (χ2n) is 6.31. The highest BCUT2D eigenvalue weighted by Gasteiger charge is 2.29. The number of carbonyl (C=O) groups is 1. The zero-order valence-electron chi connectivity index (χ0n) is 13.9. The molecule has 1 fully saturated rings. The van der Waals surface area contributed by atoms with Crippen LogP contribution in [0.4, 0.5) is 4.39 Å². The minimum absolute atomic E-state index is 0.119. The van der Waals surface area contributed by atoms with E-state index in [1.807, 2.05) is 0 Å². The number of carbonyl (C=O) groups excluding carboxylic acids is 1. The van der Waals surface area contributed by atoms with Gasteiger partial charge in [0.15, 0.2) is 6.10 Å². The van der Waals surface area contributed by atoms with Gasteiger partial charge in [0.1, 0.15) is 11.6 Å². The summed E-state index contributed by atoms with van der Waals surface area (Å²) in [7, 11) is 0. The van der Waals surface area contributed by atoms with Crippen LogP contribution in [0.1, 0.15) is 41.9 Å². The molecule has 7 heteroatoms. The lowest BCUT2D eigenvalue weighted by Crippen LogP contribution is -2.41. The van der Waals surface area contributed by atoms with Crippen molar-refractivity contribution in [3.8, 4) is 0 Å². The van der Waals surface area contributed by atoms with E-state index in [0.29, 0.717) is 37.3 Å². The predicted molar refractivity (Wildman–Crippen MR) is 89.5 cm³/mol. The first kappa shape index (κ1) is 17.3. The van der Waals surface area contributed by atoms with Gasteiger partial charge in [-0.3, -0.25) is 9.59 Å². The molecule has 0 bridgehead atoms. The molecule has 1 aliphatic rings. The third kappa shape index (κ3) is 3.93. The van der Waals surface area contributed by atoms with Crippen LogP contribution in [-0.2, 0) is 4.79 Å². The van der Waals surface area contributed by atoms with Crippen LogP contribution >= 0.6 is 0 Å². The summed E-state index contributed by atoms with van der Waals surface area (Å²) in [4.78, 5) is 32.6. The van der Waals surface area contributed by atoms with Gasteiger partial charge in [-0.25, -0.2) is 9.37 Å². The number of nitrogens with one attached hydrogen (secondary N) is 1. The number of aryl methyl sites for hydroxylation is 1. The molecule has 2 aromatic rings. The van der Waals surface area contributed by atoms with Crippen molar-refractivity contribution in [2.45, 2.75) is 31.8 Å². The summed E-state index contributed by atoms with van der Waals surface area (Å²) in [6.07, 6.45) is 0.0623. The Balaban J connectivity index is 1.64. The first-order chi connectivity index (χ1) is 11.9. The third-order valence-electron chi connectivity index (χ3n) is 4.52. The van der Waals surface area contributed by atoms with E-state index in [0.717, 1.165) is 5.69 Å². The Morgan fingerprint density at radius 3 is 2.56 bits per heavy atom. The van der Waals surface area contributed by atoms with Gasteiger partial charge in [0.25, 0.3) is 11.5 Å². The largest absolute Gasteiger partial charge is 0.378 e. The van der Waals surface area contributed by atoms with Gasteiger partial charge in [0.2, 0.25) is 0 Å². The Morgan fingerprint density at radius 2 is 1.96 bits per heavy atom. The molecule has 0 saturated carbocycles. The maximum absolute atomic E-state index is 13.0. The van der Waals surface area contributed by atoms with E-state index in [4.69, 9.17) is 0 Å². The van der Waals surface area contributed by atoms with Crippen molar-refractivity contribution in [2.24, 2.45) is 0 Å². The Bertz CT molecular complexity index is 811. The molecule has 3 rings (SSSR count). The Hall–Kier alpha value is -2.54. The number of nitrogens with zero attached hydrogens (tertiary/aromatic N) is 2. The summed E-state index contributed by atoms with van der Waals surface area (Å²) in [6.45, 7) is 2.70. The highest BCUT2D eigenvalue weighted by molar-refractivity contribution is 5.82. The van der Waals surface area contributed by atoms with Gasteiger partial charge in [-0.2, -0.15) is 0 Å². The number of aromatic amines is 1. The standard InChI is InChI=1S/C18H20FN3O3/c1-11-20-15(10-16(23)21-11)12-6-8-22(9-7-12)18(25)17(24)13-2-4-14(19)5-3-13/h2-5,10,12,17,24H,6-9H2,1H3,(H,20,21,23). The smallest absolute Gasteiger partial charge is 0.256 e. The monoisotopic (exact) mass is 345 g/mol. The van der Waals surface area contributed by atoms with Crippen molar-refractivity contribution in [3.05, 3.63) is 63.6 Å². The first-order valence-corrected chi connectivity index (χ1v) is 8.24. The number of piperidine rings is 1. The molecule has 6 nitrogen and oxygen atoms in total. The van der Waals surface area contributed by atoms with Crippen LogP contribution in [0.2, 0.25) is 0 Å². The molecule has 1 aromatic heterocycles. The predicted octanol–water partition coefficient (Wildman–Crippen LogP) is 1.66. The third-order valence-corrected chi connectivity index (χ3v) is 4.52. The summed E-state index contributed by atoms with van der Waals surface area (Å²) >= 11 is 0. The van der Waals surface area contributed by atoms with Gasteiger partial charge >= 0.3 is 0 Å². The van der Waals surface area contributed by atoms with E-state index in [1.165, 1.54) is 30.3 Å². The molecule has 0 spiro atoms. The van der Waals surface area contributed by atoms with E-state index < -0.39 is 11.9 Å². The maximum Gasteiger partial charge on any atom is 0.256 e. The van der Waals surface area contributed by atoms with Gasteiger partial charge in [-0.1, -0.05) is 12.1 Å². The molecule has 2 heterocycles. The second-order valence-corrected chi connectivity index (χ2v) is 6.31. The first-order valence-electron chi connectivity index (χ1n) is 8.24. The molecule has 0 radical (unpaired) electrons. The van der Waals surface area contributed by atoms with Crippen molar-refractivity contribution in [1.82, 2.24) is 14.9 Å². The molecular weight excluding hydrogens is 325 g/mol. The minimum atomic E-state index is -1.29. The molecule has 0 aliphatic carbocycles. The molecule has 1 aromatic carbocycles. The number of hydrogen-bond acceptors (Lipinski definition) is 4. The Morgan fingerprint density at radius 1 is 1.32 bits per heavy atom. The van der Waals surface area contributed by atoms with Crippen LogP contribution < -0.4 is 5.56 Å². The SMILES string of the molecule is Cc1nc(C2CCN(C(=O)C(O)c3ccc(F)cc3)CC2)cc(=O)[nH]1. The number of rotatable bonds is 3. The molecule has 1 saturated heterocycles. The highest BCUT2D eigenvalue weighted by atomic mass is 19.1. The number of H-pyrrole nitrogens is 1. The number of halogens is 1. The van der Waals surface area contributed by atoms with Crippen LogP contribution in [0.15, 0.2) is 35.1 Å². The van der Waals surface area contributed by atoms with Gasteiger partial charge < -0.3 is 15.0 Å². The molecular formula is C18H20FN3O3. The fraction of sp³-hybridized carbons (Fsp3) is 0.389. The topological polar surface area (TPSA) is 86.3 Å². The lowest BCUT2D eigenvalue weighted by atomic mass is 9.92. The molecule has 1 atom stereocenters. The van der Waals surface area contributed by atoms with Gasteiger partial charge in [-0.15, -0.1) is 0 Å². The van der Waals surface area contributed by atoms with E-state index in [-0.39, 0.29) is 17.4 Å². The van der Waals surface area contributed by atoms with Crippen LogP contribution in [0.3, 0.4) is 0 Å². The van der Waals surface area contributed by atoms with Gasteiger partial charge in [0.05, 0.1) is 5.69 Å². The Labute approximate surface area is 144 Å². The molecule has 1 amide bonds. The number of hydrogen-bond donors (Lipinski definition) is 2. The van der Waals surface area contributed by atoms with E-state index in [1.54, 1.807) is 11.8 Å². The zero-order valence-corrected chi connectivity index (χ0v) is 13.9. The number of aromatic nitrogens is 2. The molecule has 1 aliphatic heterocycles. The molecule has 132 valence electrons. The lowest BCUT2D eigenvalue weighted by Gasteiger charge is -2.33. The van der Waals surface area contributed by atoms with Crippen molar-refractivity contribution < 1.29 is 14.3 Å². The number of aliphatic hydroxyl groups excluding tert-OH is 1. The molecule has 2 N–H and O–H groups in total. The minimum Gasteiger partial charge on any atom is -0.378 e. The zero-order chi connectivity index (χ0) is 18.0. The normalized spacial score (nSPS) is 16.7. The van der Waals surface area contributed by atoms with Gasteiger partial charge in [-0.05, 0) is 37.5 Å². The summed E-state index contributed by atoms with van der Waals surface area (Å²) < 4.78 is 13.0. The summed E-state index contributed by atoms with van der Waals surface area (Å²) in [6, 6.07) is 6.77. The average molecular weight is 345 g/mol. The van der Waals surface area contributed by atoms with Crippen LogP contribution in [0, 0.1) is 12.7 Å². The van der Waals surface area contributed by atoms with E-state index >= 15 is 0 Å². The molecule has 25 heavy (non-hydrogen) atoms. The van der Waals surface area contributed by atoms with E-state index in [9.17, 15) is 19.1 Å². The van der Waals surface area contributed by atoms with Crippen molar-refractivity contribution in [1.29, 1.82) is 0 Å². The highest BCUT2D eigenvalue weighted by Crippen LogP contribution is 2.27. The van der Waals surface area contributed by atoms with Crippen LogP contribution in [0.5, 0.6) is 0 Å². The summed E-state index contributed by atoms with van der Waals surface area (Å²) in [5.41, 5.74) is 0.945. The van der Waals surface area contributed by atoms with Crippen molar-refractivity contribution >= 4 is 5.91 Å². The second kappa shape index (κ2) is 7.14. The fourth-order valence-corrected chi connectivity index (χ4v) is 3.17. The van der Waals surface area contributed by atoms with Crippen molar-refractivity contribution in [3.63, 3.8) is 0 Å². The Kier molecular flexibility index (Phi) is 4.94. The van der Waals surface area contributed by atoms with Gasteiger partial charge in [0, 0.05) is 25.1 Å². The maximum atomic E-state index is 13.0. The summed E-state index contributed by atoms with van der Waals surface area (Å²) in [5, 5.41) is 10.2. The van der Waals surface area contributed by atoms with E-state index in [2.05, 4.69) is 9.97 Å². The lowest BCUT2D eigenvalue weighted by molar-refractivity contribution is -0.141. The van der Waals surface area contributed by atoms with Crippen LogP contribution in [-0.4, -0.2) is 39.0 Å². The number of aliphatic hydroxyl groups is 1. The number of amides is 1. The number of likely N-dealkylation sites (tertiary alicyclic amines) is 1. The fourth-order valence-electron chi connectivity index (χ4n) is 3.17. The summed E-state index contributed by atoms with van der Waals surface area (Å²) in [5.74, 6) is -0.106. The van der Waals surface area contributed by atoms with Crippen molar-refractivity contribution in [2.75, 3.05) is 13.1 Å².